The molecule has 0 radical (unpaired) electrons. The fourth-order valence-corrected chi connectivity index (χ4v) is 3.48. The average molecular weight is 325 g/mol. The first kappa shape index (κ1) is 18.2. The van der Waals surface area contributed by atoms with Gasteiger partial charge < -0.3 is 15.0 Å². The van der Waals surface area contributed by atoms with E-state index in [4.69, 9.17) is 4.74 Å². The van der Waals surface area contributed by atoms with Crippen molar-refractivity contribution in [2.24, 2.45) is 5.92 Å². The maximum atomic E-state index is 12.2. The molecule has 2 atom stereocenters. The van der Waals surface area contributed by atoms with Gasteiger partial charge in [0.15, 0.2) is 0 Å². The molecule has 6 heteroatoms. The zero-order valence-electron chi connectivity index (χ0n) is 14.6. The molecule has 6 nitrogen and oxygen atoms in total. The Morgan fingerprint density at radius 2 is 1.91 bits per heavy atom. The average Bonchev–Trinajstić information content (AvgIpc) is 2.53. The quantitative estimate of drug-likeness (QED) is 0.787. The summed E-state index contributed by atoms with van der Waals surface area (Å²) in [6.45, 7) is 8.19. The molecule has 2 aliphatic rings. The Balaban J connectivity index is 1.65. The monoisotopic (exact) mass is 325 g/mol. The van der Waals surface area contributed by atoms with Crippen LogP contribution >= 0.6 is 0 Å². The summed E-state index contributed by atoms with van der Waals surface area (Å²) in [5.74, 6) is 0.888. The predicted octanol–water partition coefficient (Wildman–Crippen LogP) is 0.862. The number of nitrogens with zero attached hydrogens (tertiary/aromatic N) is 2. The van der Waals surface area contributed by atoms with E-state index in [0.717, 1.165) is 25.9 Å². The van der Waals surface area contributed by atoms with Crippen molar-refractivity contribution in [1.29, 1.82) is 0 Å². The molecule has 2 amide bonds. The van der Waals surface area contributed by atoms with Crippen molar-refractivity contribution >= 4 is 11.8 Å². The highest BCUT2D eigenvalue weighted by molar-refractivity contribution is 5.79. The normalized spacial score (nSPS) is 26.1. The lowest BCUT2D eigenvalue weighted by Gasteiger charge is -2.35. The van der Waals surface area contributed by atoms with Gasteiger partial charge in [-0.05, 0) is 25.7 Å². The van der Waals surface area contributed by atoms with Gasteiger partial charge in [-0.3, -0.25) is 14.5 Å². The van der Waals surface area contributed by atoms with Crippen LogP contribution in [0, 0.1) is 5.92 Å². The SMILES string of the molecule is CCOCC(=O)N1CCN(CC(=O)N[C@H]2CCC[C@@H](C)C2)CC1. The second kappa shape index (κ2) is 9.23. The molecule has 1 N–H and O–H groups in total. The van der Waals surface area contributed by atoms with E-state index < -0.39 is 0 Å². The fraction of sp³-hybridized carbons (Fsp3) is 0.882. The van der Waals surface area contributed by atoms with Crippen LogP contribution in [0.3, 0.4) is 0 Å². The third kappa shape index (κ3) is 6.11. The molecule has 23 heavy (non-hydrogen) atoms. The van der Waals surface area contributed by atoms with Gasteiger partial charge in [0, 0.05) is 38.8 Å². The Morgan fingerprint density at radius 3 is 2.57 bits per heavy atom. The lowest BCUT2D eigenvalue weighted by atomic mass is 9.87. The number of carbonyl (C=O) groups excluding carboxylic acids is 2. The van der Waals surface area contributed by atoms with Crippen LogP contribution in [0.2, 0.25) is 0 Å². The maximum absolute atomic E-state index is 12.2. The number of ether oxygens (including phenoxy) is 1. The molecule has 0 unspecified atom stereocenters. The highest BCUT2D eigenvalue weighted by Crippen LogP contribution is 2.23. The molecule has 0 spiro atoms. The van der Waals surface area contributed by atoms with Crippen LogP contribution in [-0.2, 0) is 14.3 Å². The van der Waals surface area contributed by atoms with Crippen molar-refractivity contribution in [1.82, 2.24) is 15.1 Å². The van der Waals surface area contributed by atoms with Crippen LogP contribution < -0.4 is 5.32 Å². The molecule has 1 heterocycles. The Bertz CT molecular complexity index is 395. The number of hydrogen-bond donors (Lipinski definition) is 1. The number of piperazine rings is 1. The van der Waals surface area contributed by atoms with E-state index >= 15 is 0 Å². The molecule has 132 valence electrons. The van der Waals surface area contributed by atoms with E-state index in [0.29, 0.717) is 38.2 Å². The fourth-order valence-electron chi connectivity index (χ4n) is 3.48. The second-order valence-corrected chi connectivity index (χ2v) is 6.83. The molecule has 0 bridgehead atoms. The Kier molecular flexibility index (Phi) is 7.30. The number of carbonyl (C=O) groups is 2. The van der Waals surface area contributed by atoms with Crippen LogP contribution in [0.5, 0.6) is 0 Å². The van der Waals surface area contributed by atoms with Gasteiger partial charge in [0.1, 0.15) is 6.61 Å². The van der Waals surface area contributed by atoms with Crippen molar-refractivity contribution < 1.29 is 14.3 Å². The standard InChI is InChI=1S/C17H31N3O3/c1-3-23-13-17(22)20-9-7-19(8-10-20)12-16(21)18-15-6-4-5-14(2)11-15/h14-15H,3-13H2,1-2H3,(H,18,21)/t14-,15+/m1/s1. The highest BCUT2D eigenvalue weighted by atomic mass is 16.5. The molecule has 0 aromatic heterocycles. The third-order valence-electron chi connectivity index (χ3n) is 4.82. The number of amides is 2. The van der Waals surface area contributed by atoms with E-state index in [9.17, 15) is 9.59 Å². The van der Waals surface area contributed by atoms with Gasteiger partial charge in [0.05, 0.1) is 6.54 Å². The Labute approximate surface area is 139 Å². The molecule has 1 saturated heterocycles. The van der Waals surface area contributed by atoms with Crippen molar-refractivity contribution in [3.8, 4) is 0 Å². The number of nitrogens with one attached hydrogen (secondary N) is 1. The van der Waals surface area contributed by atoms with Crippen LogP contribution in [0.1, 0.15) is 39.5 Å². The first-order valence-corrected chi connectivity index (χ1v) is 8.95. The largest absolute Gasteiger partial charge is 0.372 e. The first-order valence-electron chi connectivity index (χ1n) is 8.95. The first-order chi connectivity index (χ1) is 11.1. The number of hydrogen-bond acceptors (Lipinski definition) is 4. The Morgan fingerprint density at radius 1 is 1.17 bits per heavy atom. The zero-order valence-corrected chi connectivity index (χ0v) is 14.6. The smallest absolute Gasteiger partial charge is 0.248 e. The van der Waals surface area contributed by atoms with Crippen LogP contribution in [0.4, 0.5) is 0 Å². The van der Waals surface area contributed by atoms with E-state index in [1.54, 1.807) is 0 Å². The summed E-state index contributed by atoms with van der Waals surface area (Å²) < 4.78 is 5.16. The van der Waals surface area contributed by atoms with Crippen LogP contribution in [-0.4, -0.2) is 73.6 Å². The zero-order chi connectivity index (χ0) is 16.7. The molecule has 1 aliphatic carbocycles. The summed E-state index contributed by atoms with van der Waals surface area (Å²) >= 11 is 0. The summed E-state index contributed by atoms with van der Waals surface area (Å²) in [4.78, 5) is 28.0. The molecule has 1 saturated carbocycles. The predicted molar refractivity (Wildman–Crippen MR) is 89.1 cm³/mol. The van der Waals surface area contributed by atoms with Crippen molar-refractivity contribution in [2.75, 3.05) is 45.9 Å². The van der Waals surface area contributed by atoms with Gasteiger partial charge >= 0.3 is 0 Å². The lowest BCUT2D eigenvalue weighted by Crippen LogP contribution is -2.52. The van der Waals surface area contributed by atoms with Gasteiger partial charge in [0.25, 0.3) is 0 Å². The molecular weight excluding hydrogens is 294 g/mol. The van der Waals surface area contributed by atoms with Crippen LogP contribution in [0.15, 0.2) is 0 Å². The molecule has 2 rings (SSSR count). The summed E-state index contributed by atoms with van der Waals surface area (Å²) in [7, 11) is 0. The van der Waals surface area contributed by atoms with Gasteiger partial charge in [-0.2, -0.15) is 0 Å². The van der Waals surface area contributed by atoms with Crippen molar-refractivity contribution in [2.45, 2.75) is 45.6 Å². The molecular formula is C17H31N3O3. The van der Waals surface area contributed by atoms with E-state index in [-0.39, 0.29) is 18.4 Å². The van der Waals surface area contributed by atoms with Crippen LogP contribution in [0.25, 0.3) is 0 Å². The minimum Gasteiger partial charge on any atom is -0.372 e. The molecule has 0 aromatic rings. The van der Waals surface area contributed by atoms with Crippen molar-refractivity contribution in [3.05, 3.63) is 0 Å². The molecule has 1 aliphatic heterocycles. The summed E-state index contributed by atoms with van der Waals surface area (Å²) in [5.41, 5.74) is 0. The van der Waals surface area contributed by atoms with Gasteiger partial charge in [-0.1, -0.05) is 19.8 Å². The lowest BCUT2D eigenvalue weighted by molar-refractivity contribution is -0.137. The molecule has 2 fully saturated rings. The third-order valence-corrected chi connectivity index (χ3v) is 4.82. The minimum atomic E-state index is 0.0483. The van der Waals surface area contributed by atoms with E-state index in [2.05, 4.69) is 17.1 Å². The summed E-state index contributed by atoms with van der Waals surface area (Å²) in [6.07, 6.45) is 4.71. The van der Waals surface area contributed by atoms with Gasteiger partial charge in [-0.15, -0.1) is 0 Å². The van der Waals surface area contributed by atoms with E-state index in [1.807, 2.05) is 11.8 Å². The van der Waals surface area contributed by atoms with Gasteiger partial charge in [0.2, 0.25) is 11.8 Å². The molecule has 0 aromatic carbocycles. The van der Waals surface area contributed by atoms with E-state index in [1.165, 1.54) is 12.8 Å². The second-order valence-electron chi connectivity index (χ2n) is 6.83. The summed E-state index contributed by atoms with van der Waals surface area (Å²) in [6, 6.07) is 0.348. The maximum Gasteiger partial charge on any atom is 0.248 e. The number of rotatable bonds is 6. The minimum absolute atomic E-state index is 0.0483. The Hall–Kier alpha value is -1.14. The van der Waals surface area contributed by atoms with Crippen molar-refractivity contribution in [3.63, 3.8) is 0 Å². The summed E-state index contributed by atoms with van der Waals surface area (Å²) in [5, 5.41) is 3.18. The topological polar surface area (TPSA) is 61.9 Å². The van der Waals surface area contributed by atoms with Gasteiger partial charge in [-0.25, -0.2) is 0 Å². The highest BCUT2D eigenvalue weighted by Gasteiger charge is 2.24.